The smallest absolute Gasteiger partial charge is 0.222 e. The molecule has 1 amide bonds. The van der Waals surface area contributed by atoms with Gasteiger partial charge in [0.15, 0.2) is 0 Å². The van der Waals surface area contributed by atoms with Crippen LogP contribution in [0, 0.1) is 0 Å². The summed E-state index contributed by atoms with van der Waals surface area (Å²) in [6.07, 6.45) is 1.20. The predicted octanol–water partition coefficient (Wildman–Crippen LogP) is 3.92. The summed E-state index contributed by atoms with van der Waals surface area (Å²) < 4.78 is 5.74. The molecule has 0 spiro atoms. The molecule has 2 aromatic carbocycles. The maximum atomic E-state index is 12.4. The van der Waals surface area contributed by atoms with Crippen LogP contribution < -0.4 is 10.5 Å². The van der Waals surface area contributed by atoms with Gasteiger partial charge in [0.05, 0.1) is 0 Å². The minimum atomic E-state index is 0. The van der Waals surface area contributed by atoms with Crippen molar-refractivity contribution >= 4 is 48.0 Å². The standard InChI is InChI=1S/C21H26ClN3O2.2ClH/c22-18-6-8-19(9-7-18)27-16-15-24-11-13-25(14-12-24)21(26)10-5-17-3-1-2-4-20(17)23;;/h1-4,6-9H,5,10-16,23H2;2*1H. The first-order chi connectivity index (χ1) is 13.1. The van der Waals surface area contributed by atoms with Crippen LogP contribution in [0.2, 0.25) is 5.02 Å². The fourth-order valence-corrected chi connectivity index (χ4v) is 3.33. The van der Waals surface area contributed by atoms with Crippen molar-refractivity contribution in [2.24, 2.45) is 0 Å². The third kappa shape index (κ3) is 7.94. The molecule has 1 aliphatic rings. The topological polar surface area (TPSA) is 58.8 Å². The molecule has 3 rings (SSSR count). The van der Waals surface area contributed by atoms with Crippen LogP contribution in [0.4, 0.5) is 5.69 Å². The highest BCUT2D eigenvalue weighted by molar-refractivity contribution is 6.30. The van der Waals surface area contributed by atoms with Crippen molar-refractivity contribution in [3.63, 3.8) is 0 Å². The molecular weight excluding hydrogens is 433 g/mol. The molecule has 0 radical (unpaired) electrons. The quantitative estimate of drug-likeness (QED) is 0.636. The molecule has 160 valence electrons. The summed E-state index contributed by atoms with van der Waals surface area (Å²) in [5.74, 6) is 1.03. The van der Waals surface area contributed by atoms with E-state index in [1.165, 1.54) is 0 Å². The molecule has 1 aliphatic heterocycles. The van der Waals surface area contributed by atoms with Crippen molar-refractivity contribution in [1.29, 1.82) is 0 Å². The van der Waals surface area contributed by atoms with Gasteiger partial charge in [-0.25, -0.2) is 0 Å². The monoisotopic (exact) mass is 459 g/mol. The number of benzene rings is 2. The number of piperazine rings is 1. The molecule has 2 N–H and O–H groups in total. The zero-order valence-corrected chi connectivity index (χ0v) is 18.6. The molecule has 2 aromatic rings. The van der Waals surface area contributed by atoms with Crippen molar-refractivity contribution in [1.82, 2.24) is 9.80 Å². The van der Waals surface area contributed by atoms with Gasteiger partial charge >= 0.3 is 0 Å². The second-order valence-electron chi connectivity index (χ2n) is 6.72. The minimum absolute atomic E-state index is 0. The Kier molecular flexibility index (Phi) is 11.2. The Labute approximate surface area is 190 Å². The van der Waals surface area contributed by atoms with E-state index in [4.69, 9.17) is 22.1 Å². The van der Waals surface area contributed by atoms with Gasteiger partial charge in [-0.15, -0.1) is 24.8 Å². The average Bonchev–Trinajstić information content (AvgIpc) is 2.69. The Bertz CT molecular complexity index is 751. The van der Waals surface area contributed by atoms with Crippen molar-refractivity contribution in [2.75, 3.05) is 45.1 Å². The Balaban J connectivity index is 0.00000210. The van der Waals surface area contributed by atoms with Gasteiger partial charge in [0, 0.05) is 49.9 Å². The summed E-state index contributed by atoms with van der Waals surface area (Å²) >= 11 is 5.87. The molecule has 0 aliphatic carbocycles. The van der Waals surface area contributed by atoms with E-state index in [1.54, 1.807) is 0 Å². The zero-order chi connectivity index (χ0) is 19.1. The number of aryl methyl sites for hydroxylation is 1. The molecule has 0 atom stereocenters. The maximum Gasteiger partial charge on any atom is 0.222 e. The Morgan fingerprint density at radius 2 is 1.66 bits per heavy atom. The highest BCUT2D eigenvalue weighted by atomic mass is 35.5. The maximum absolute atomic E-state index is 12.4. The van der Waals surface area contributed by atoms with E-state index in [-0.39, 0.29) is 30.7 Å². The average molecular weight is 461 g/mol. The number of hydrogen-bond acceptors (Lipinski definition) is 4. The van der Waals surface area contributed by atoms with Crippen molar-refractivity contribution in [2.45, 2.75) is 12.8 Å². The number of halogens is 3. The summed E-state index contributed by atoms with van der Waals surface area (Å²) in [5.41, 5.74) is 7.75. The van der Waals surface area contributed by atoms with Crippen LogP contribution in [0.15, 0.2) is 48.5 Å². The molecule has 29 heavy (non-hydrogen) atoms. The molecule has 1 saturated heterocycles. The van der Waals surface area contributed by atoms with Crippen LogP contribution >= 0.6 is 36.4 Å². The van der Waals surface area contributed by atoms with Gasteiger partial charge in [-0.2, -0.15) is 0 Å². The van der Waals surface area contributed by atoms with Gasteiger partial charge < -0.3 is 15.4 Å². The van der Waals surface area contributed by atoms with Crippen LogP contribution in [0.3, 0.4) is 0 Å². The highest BCUT2D eigenvalue weighted by Gasteiger charge is 2.20. The lowest BCUT2D eigenvalue weighted by molar-refractivity contribution is -0.132. The summed E-state index contributed by atoms with van der Waals surface area (Å²) in [5, 5.41) is 0.707. The van der Waals surface area contributed by atoms with Crippen LogP contribution in [-0.2, 0) is 11.2 Å². The lowest BCUT2D eigenvalue weighted by Crippen LogP contribution is -2.49. The zero-order valence-electron chi connectivity index (χ0n) is 16.3. The largest absolute Gasteiger partial charge is 0.492 e. The van der Waals surface area contributed by atoms with Crippen LogP contribution in [0.25, 0.3) is 0 Å². The number of rotatable bonds is 7. The molecular formula is C21H28Cl3N3O2. The van der Waals surface area contributed by atoms with E-state index in [1.807, 2.05) is 53.4 Å². The number of nitrogens with two attached hydrogens (primary N) is 1. The van der Waals surface area contributed by atoms with Crippen LogP contribution in [0.1, 0.15) is 12.0 Å². The molecule has 1 fully saturated rings. The predicted molar refractivity (Wildman–Crippen MR) is 124 cm³/mol. The number of carbonyl (C=O) groups excluding carboxylic acids is 1. The number of amides is 1. The van der Waals surface area contributed by atoms with E-state index in [2.05, 4.69) is 4.90 Å². The van der Waals surface area contributed by atoms with Gasteiger partial charge in [-0.3, -0.25) is 9.69 Å². The second kappa shape index (κ2) is 12.8. The summed E-state index contributed by atoms with van der Waals surface area (Å²) in [6.45, 7) is 4.77. The third-order valence-electron chi connectivity index (χ3n) is 4.88. The lowest BCUT2D eigenvalue weighted by Gasteiger charge is -2.34. The van der Waals surface area contributed by atoms with Gasteiger partial charge in [0.25, 0.3) is 0 Å². The Morgan fingerprint density at radius 1 is 1.00 bits per heavy atom. The summed E-state index contributed by atoms with van der Waals surface area (Å²) in [4.78, 5) is 16.7. The normalized spacial score (nSPS) is 13.9. The molecule has 0 bridgehead atoms. The second-order valence-corrected chi connectivity index (χ2v) is 7.16. The van der Waals surface area contributed by atoms with Crippen molar-refractivity contribution < 1.29 is 9.53 Å². The SMILES string of the molecule is Cl.Cl.Nc1ccccc1CCC(=O)N1CCN(CCOc2ccc(Cl)cc2)CC1. The van der Waals surface area contributed by atoms with E-state index in [9.17, 15) is 4.79 Å². The fourth-order valence-electron chi connectivity index (χ4n) is 3.21. The molecule has 0 unspecified atom stereocenters. The van der Waals surface area contributed by atoms with Gasteiger partial charge in [-0.1, -0.05) is 29.8 Å². The summed E-state index contributed by atoms with van der Waals surface area (Å²) in [7, 11) is 0. The summed E-state index contributed by atoms with van der Waals surface area (Å²) in [6, 6.07) is 15.1. The van der Waals surface area contributed by atoms with E-state index < -0.39 is 0 Å². The fraction of sp³-hybridized carbons (Fsp3) is 0.381. The van der Waals surface area contributed by atoms with Crippen molar-refractivity contribution in [3.8, 4) is 5.75 Å². The van der Waals surface area contributed by atoms with Gasteiger partial charge in [0.2, 0.25) is 5.91 Å². The number of para-hydroxylation sites is 1. The van der Waals surface area contributed by atoms with E-state index >= 15 is 0 Å². The van der Waals surface area contributed by atoms with E-state index in [0.717, 1.165) is 49.7 Å². The Hall–Kier alpha value is -1.66. The van der Waals surface area contributed by atoms with Crippen LogP contribution in [-0.4, -0.2) is 55.0 Å². The third-order valence-corrected chi connectivity index (χ3v) is 5.13. The number of anilines is 1. The lowest BCUT2D eigenvalue weighted by atomic mass is 10.1. The van der Waals surface area contributed by atoms with Gasteiger partial charge in [-0.05, 0) is 42.3 Å². The number of hydrogen-bond donors (Lipinski definition) is 1. The van der Waals surface area contributed by atoms with Gasteiger partial charge in [0.1, 0.15) is 12.4 Å². The minimum Gasteiger partial charge on any atom is -0.492 e. The molecule has 1 heterocycles. The molecule has 0 saturated carbocycles. The molecule has 0 aromatic heterocycles. The number of carbonyl (C=O) groups is 1. The van der Waals surface area contributed by atoms with Crippen LogP contribution in [0.5, 0.6) is 5.75 Å². The first kappa shape index (κ1) is 25.4. The Morgan fingerprint density at radius 3 is 2.31 bits per heavy atom. The number of nitrogen functional groups attached to an aromatic ring is 1. The highest BCUT2D eigenvalue weighted by Crippen LogP contribution is 2.16. The molecule has 5 nitrogen and oxygen atoms in total. The number of nitrogens with zero attached hydrogens (tertiary/aromatic N) is 2. The molecule has 8 heteroatoms. The van der Waals surface area contributed by atoms with Crippen molar-refractivity contribution in [3.05, 3.63) is 59.1 Å². The first-order valence-electron chi connectivity index (χ1n) is 9.34. The van der Waals surface area contributed by atoms with E-state index in [0.29, 0.717) is 24.5 Å². The number of ether oxygens (including phenoxy) is 1. The first-order valence-corrected chi connectivity index (χ1v) is 9.71.